The second kappa shape index (κ2) is 20.1. The van der Waals surface area contributed by atoms with Crippen molar-refractivity contribution < 1.29 is 57.7 Å². The molecule has 15 heteroatoms. The molecule has 0 heterocycles. The lowest BCUT2D eigenvalue weighted by Crippen LogP contribution is -2.52. The van der Waals surface area contributed by atoms with Crippen LogP contribution >= 0.6 is 0 Å². The Morgan fingerprint density at radius 1 is 0.840 bits per heavy atom. The molecule has 3 aromatic rings. The molecule has 5 N–H and O–H groups in total. The minimum atomic E-state index is -4.59. The van der Waals surface area contributed by atoms with Crippen molar-refractivity contribution in [3.05, 3.63) is 101 Å². The number of benzene rings is 3. The third-order valence-electron chi connectivity index (χ3n) is 7.55. The number of nitrogens with zero attached hydrogens (tertiary/aromatic N) is 1. The van der Waals surface area contributed by atoms with Crippen molar-refractivity contribution in [1.82, 2.24) is 15.5 Å². The summed E-state index contributed by atoms with van der Waals surface area (Å²) in [6.45, 7) is 1.56. The van der Waals surface area contributed by atoms with Crippen LogP contribution in [-0.2, 0) is 51.5 Å². The second-order valence-electron chi connectivity index (χ2n) is 11.6. The van der Waals surface area contributed by atoms with Crippen LogP contribution in [0.3, 0.4) is 0 Å². The molecule has 0 saturated heterocycles. The average molecular weight is 706 g/mol. The van der Waals surface area contributed by atoms with Crippen LogP contribution in [0.4, 0.5) is 18.0 Å². The van der Waals surface area contributed by atoms with Crippen LogP contribution in [0.25, 0.3) is 0 Å². The summed E-state index contributed by atoms with van der Waals surface area (Å²) in [5, 5.41) is 32.2. The van der Waals surface area contributed by atoms with Crippen molar-refractivity contribution in [1.29, 1.82) is 0 Å². The molecular formula is C35H42F3N3O9. The fourth-order valence-corrected chi connectivity index (χ4v) is 5.00. The molecule has 0 saturated carbocycles. The number of hydrogen-bond acceptors (Lipinski definition) is 8. The van der Waals surface area contributed by atoms with Gasteiger partial charge in [-0.25, -0.2) is 14.6 Å². The maximum Gasteiger partial charge on any atom is 0.416 e. The van der Waals surface area contributed by atoms with E-state index in [2.05, 4.69) is 20.4 Å². The molecule has 12 nitrogen and oxygen atoms in total. The van der Waals surface area contributed by atoms with Gasteiger partial charge in [-0.1, -0.05) is 68.3 Å². The molecule has 0 aliphatic heterocycles. The topological polar surface area (TPSA) is 167 Å². The molecule has 3 amide bonds. The maximum atomic E-state index is 13.9. The summed E-state index contributed by atoms with van der Waals surface area (Å²) in [5.41, 5.74) is 1.10. The Hall–Kier alpha value is -4.70. The van der Waals surface area contributed by atoms with Gasteiger partial charge in [0.1, 0.15) is 25.0 Å². The van der Waals surface area contributed by atoms with E-state index in [0.717, 1.165) is 31.4 Å². The lowest BCUT2D eigenvalue weighted by Gasteiger charge is -2.27. The van der Waals surface area contributed by atoms with E-state index in [1.807, 2.05) is 6.92 Å². The number of nitrogens with one attached hydrogen (secondary N) is 2. The van der Waals surface area contributed by atoms with Gasteiger partial charge in [-0.05, 0) is 52.9 Å². The number of alkyl halides is 3. The summed E-state index contributed by atoms with van der Waals surface area (Å²) in [7, 11) is 0. The van der Waals surface area contributed by atoms with E-state index in [-0.39, 0.29) is 44.7 Å². The second-order valence-corrected chi connectivity index (χ2v) is 11.6. The third kappa shape index (κ3) is 13.7. The summed E-state index contributed by atoms with van der Waals surface area (Å²) in [5.74, 6) is -1.12. The summed E-state index contributed by atoms with van der Waals surface area (Å²) in [6, 6.07) is 15.8. The number of carbonyl (C=O) groups is 3. The Kier molecular flexibility index (Phi) is 16.0. The average Bonchev–Trinajstić information content (AvgIpc) is 3.07. The number of unbranched alkanes of at least 4 members (excludes halogenated alkanes) is 2. The number of ether oxygens (including phenoxy) is 1. The molecule has 0 aromatic heterocycles. The van der Waals surface area contributed by atoms with E-state index >= 15 is 0 Å². The molecule has 272 valence electrons. The monoisotopic (exact) mass is 705 g/mol. The molecule has 50 heavy (non-hydrogen) atoms. The van der Waals surface area contributed by atoms with Gasteiger partial charge in [0, 0.05) is 26.1 Å². The highest BCUT2D eigenvalue weighted by atomic mass is 19.4. The predicted molar refractivity (Wildman–Crippen MR) is 175 cm³/mol. The number of urea groups is 1. The zero-order valence-corrected chi connectivity index (χ0v) is 27.5. The van der Waals surface area contributed by atoms with Crippen molar-refractivity contribution in [2.45, 2.75) is 70.4 Å². The van der Waals surface area contributed by atoms with E-state index in [0.29, 0.717) is 29.0 Å². The molecule has 0 bridgehead atoms. The van der Waals surface area contributed by atoms with Crippen LogP contribution in [0.15, 0.2) is 72.8 Å². The van der Waals surface area contributed by atoms with Gasteiger partial charge in [0.15, 0.2) is 6.10 Å². The Bertz CT molecular complexity index is 1500. The molecule has 0 aliphatic carbocycles. The van der Waals surface area contributed by atoms with Crippen molar-refractivity contribution in [3.63, 3.8) is 0 Å². The first-order valence-corrected chi connectivity index (χ1v) is 16.0. The van der Waals surface area contributed by atoms with E-state index in [9.17, 15) is 27.6 Å². The first-order valence-electron chi connectivity index (χ1n) is 16.0. The molecular weight excluding hydrogens is 663 g/mol. The highest BCUT2D eigenvalue weighted by Gasteiger charge is 2.31. The van der Waals surface area contributed by atoms with Crippen LogP contribution in [0, 0.1) is 0 Å². The van der Waals surface area contributed by atoms with Crippen LogP contribution in [-0.4, -0.2) is 70.3 Å². The Balaban J connectivity index is 1.86. The van der Waals surface area contributed by atoms with E-state index < -0.39 is 41.8 Å². The fraction of sp³-hybridized carbons (Fsp3) is 0.400. The summed E-state index contributed by atoms with van der Waals surface area (Å²) in [6.07, 6.45) is -3.02. The zero-order chi connectivity index (χ0) is 36.5. The number of aliphatic carboxylic acids is 1. The van der Waals surface area contributed by atoms with Crippen molar-refractivity contribution in [2.75, 3.05) is 19.8 Å². The number of hydrogen-bond donors (Lipinski definition) is 5. The normalized spacial score (nSPS) is 12.0. The number of amides is 3. The molecule has 0 spiro atoms. The number of halogens is 3. The zero-order valence-electron chi connectivity index (χ0n) is 27.5. The van der Waals surface area contributed by atoms with E-state index in [4.69, 9.17) is 20.4 Å². The van der Waals surface area contributed by atoms with Gasteiger partial charge in [-0.15, -0.1) is 0 Å². The van der Waals surface area contributed by atoms with Gasteiger partial charge in [-0.3, -0.25) is 20.1 Å². The van der Waals surface area contributed by atoms with Gasteiger partial charge in [0.2, 0.25) is 5.91 Å². The largest absolute Gasteiger partial charge is 0.485 e. The minimum absolute atomic E-state index is 0.0514. The molecule has 3 aromatic carbocycles. The van der Waals surface area contributed by atoms with E-state index in [1.165, 1.54) is 17.0 Å². The highest BCUT2D eigenvalue weighted by Crippen LogP contribution is 2.30. The summed E-state index contributed by atoms with van der Waals surface area (Å²) < 4.78 is 46.1. The molecule has 1 atom stereocenters. The maximum absolute atomic E-state index is 13.9. The van der Waals surface area contributed by atoms with Gasteiger partial charge < -0.3 is 25.4 Å². The first-order chi connectivity index (χ1) is 23.9. The third-order valence-corrected chi connectivity index (χ3v) is 7.55. The van der Waals surface area contributed by atoms with Crippen molar-refractivity contribution >= 4 is 17.9 Å². The Labute approximate surface area is 287 Å². The Morgan fingerprint density at radius 3 is 2.06 bits per heavy atom. The molecule has 0 radical (unpaired) electrons. The number of carboxylic acids is 1. The van der Waals surface area contributed by atoms with Gasteiger partial charge in [0.25, 0.3) is 0 Å². The van der Waals surface area contributed by atoms with Crippen molar-refractivity contribution in [3.8, 4) is 5.75 Å². The van der Waals surface area contributed by atoms with Crippen LogP contribution in [0.5, 0.6) is 5.75 Å². The summed E-state index contributed by atoms with van der Waals surface area (Å²) >= 11 is 0. The SMILES string of the molecule is CCCCCNC(=O)C(Cc1ccc(OC(COO)COO)cc1)NC(=O)N(Cc1ccc(CC(=O)O)cc1)Cc1cccc(C(F)(F)F)c1. The predicted octanol–water partition coefficient (Wildman–Crippen LogP) is 5.69. The molecule has 0 aliphatic rings. The quantitative estimate of drug-likeness (QED) is 0.0564. The lowest BCUT2D eigenvalue weighted by atomic mass is 10.0. The molecule has 1 unspecified atom stereocenters. The summed E-state index contributed by atoms with van der Waals surface area (Å²) in [4.78, 5) is 47.8. The number of carboxylic acid groups (broad SMARTS) is 1. The van der Waals surface area contributed by atoms with Gasteiger partial charge in [0.05, 0.1) is 12.0 Å². The smallest absolute Gasteiger partial charge is 0.416 e. The molecule has 0 fully saturated rings. The minimum Gasteiger partial charge on any atom is -0.485 e. The number of rotatable bonds is 20. The highest BCUT2D eigenvalue weighted by molar-refractivity contribution is 5.87. The van der Waals surface area contributed by atoms with Crippen molar-refractivity contribution in [2.24, 2.45) is 0 Å². The van der Waals surface area contributed by atoms with Gasteiger partial charge >= 0.3 is 18.2 Å². The van der Waals surface area contributed by atoms with Gasteiger partial charge in [-0.2, -0.15) is 13.2 Å². The number of carbonyl (C=O) groups excluding carboxylic acids is 2. The molecule has 3 rings (SSSR count). The fourth-order valence-electron chi connectivity index (χ4n) is 5.00. The van der Waals surface area contributed by atoms with Crippen LogP contribution in [0.1, 0.15) is 54.0 Å². The Morgan fingerprint density at radius 2 is 1.46 bits per heavy atom. The first kappa shape index (κ1) is 39.7. The lowest BCUT2D eigenvalue weighted by molar-refractivity contribution is -0.286. The van der Waals surface area contributed by atoms with E-state index in [1.54, 1.807) is 48.5 Å². The standard InChI is InChI=1S/C35H42F3N3O9/c1-2-3-4-16-39-33(44)31(18-24-12-14-29(15-13-24)50-30(22-48-46)23-49-47)40-34(45)41(20-26-10-8-25(9-11-26)19-32(42)43)21-27-6-5-7-28(17-27)35(36,37)38/h5-15,17,30-31,46-47H,2-4,16,18-23H2,1H3,(H,39,44)(H,40,45)(H,42,43). The van der Waals surface area contributed by atoms with Crippen LogP contribution in [0.2, 0.25) is 0 Å². The van der Waals surface area contributed by atoms with Crippen LogP contribution < -0.4 is 15.4 Å².